The zero-order valence-electron chi connectivity index (χ0n) is 9.21. The molecule has 1 heterocycles. The van der Waals surface area contributed by atoms with Gasteiger partial charge < -0.3 is 10.0 Å². The van der Waals surface area contributed by atoms with Gasteiger partial charge in [0, 0.05) is 26.2 Å². The Morgan fingerprint density at radius 3 is 1.94 bits per heavy atom. The van der Waals surface area contributed by atoms with Crippen LogP contribution in [0.15, 0.2) is 0 Å². The van der Waals surface area contributed by atoms with Crippen LogP contribution in [-0.2, 0) is 4.79 Å². The van der Waals surface area contributed by atoms with E-state index in [1.54, 1.807) is 7.05 Å². The third kappa shape index (κ3) is 2.15. The molecule has 0 bridgehead atoms. The van der Waals surface area contributed by atoms with Gasteiger partial charge in [0.2, 0.25) is 5.54 Å². The molecule has 0 aliphatic carbocycles. The maximum absolute atomic E-state index is 12.8. The number of nitrogens with zero attached hydrogens (tertiary/aromatic N) is 2. The van der Waals surface area contributed by atoms with Crippen molar-refractivity contribution in [1.82, 2.24) is 9.80 Å². The average Bonchev–Trinajstić information content (AvgIpc) is 2.15. The van der Waals surface area contributed by atoms with E-state index >= 15 is 0 Å². The maximum atomic E-state index is 12.8. The summed E-state index contributed by atoms with van der Waals surface area (Å²) < 4.78 is 38.4. The molecule has 0 spiro atoms. The quantitative estimate of drug-likeness (QED) is 0.769. The van der Waals surface area contributed by atoms with Gasteiger partial charge in [-0.15, -0.1) is 0 Å². The number of aliphatic carboxylic acids is 1. The summed E-state index contributed by atoms with van der Waals surface area (Å²) in [5, 5.41) is 8.81. The standard InChI is InChI=1S/C9H15F3N2O2/c1-8(7(15)16,9(10,11)12)14-5-3-13(2)4-6-14/h3-6H2,1-2H3,(H,15,16). The Bertz CT molecular complexity index is 274. The van der Waals surface area contributed by atoms with Crippen LogP contribution < -0.4 is 0 Å². The lowest BCUT2D eigenvalue weighted by Crippen LogP contribution is -2.65. The lowest BCUT2D eigenvalue weighted by atomic mass is 9.98. The SMILES string of the molecule is CN1CCN(C(C)(C(=O)O)C(F)(F)F)CC1. The minimum absolute atomic E-state index is 0.110. The van der Waals surface area contributed by atoms with E-state index in [-0.39, 0.29) is 13.1 Å². The minimum atomic E-state index is -4.77. The fraction of sp³-hybridized carbons (Fsp3) is 0.889. The molecule has 0 radical (unpaired) electrons. The molecule has 1 N–H and O–H groups in total. The summed E-state index contributed by atoms with van der Waals surface area (Å²) in [7, 11) is 1.79. The van der Waals surface area contributed by atoms with Gasteiger partial charge in [0.05, 0.1) is 0 Å². The van der Waals surface area contributed by atoms with Gasteiger partial charge in [-0.1, -0.05) is 0 Å². The van der Waals surface area contributed by atoms with Crippen LogP contribution in [0.2, 0.25) is 0 Å². The predicted octanol–water partition coefficient (Wildman–Crippen LogP) is 0.639. The van der Waals surface area contributed by atoms with E-state index in [4.69, 9.17) is 5.11 Å². The van der Waals surface area contributed by atoms with Crippen molar-refractivity contribution in [3.05, 3.63) is 0 Å². The second-order valence-corrected chi connectivity index (χ2v) is 4.17. The summed E-state index contributed by atoms with van der Waals surface area (Å²) in [6, 6.07) is 0. The van der Waals surface area contributed by atoms with Crippen molar-refractivity contribution in [1.29, 1.82) is 0 Å². The first-order valence-electron chi connectivity index (χ1n) is 4.93. The number of hydrogen-bond donors (Lipinski definition) is 1. The lowest BCUT2D eigenvalue weighted by Gasteiger charge is -2.43. The Hall–Kier alpha value is -0.820. The number of rotatable bonds is 2. The van der Waals surface area contributed by atoms with Crippen molar-refractivity contribution in [3.8, 4) is 0 Å². The summed E-state index contributed by atoms with van der Waals surface area (Å²) in [6.45, 7) is 1.83. The summed E-state index contributed by atoms with van der Waals surface area (Å²) in [5.41, 5.74) is -2.78. The molecule has 4 nitrogen and oxygen atoms in total. The average molecular weight is 240 g/mol. The van der Waals surface area contributed by atoms with Crippen LogP contribution in [0.25, 0.3) is 0 Å². The molecule has 0 saturated carbocycles. The largest absolute Gasteiger partial charge is 0.480 e. The van der Waals surface area contributed by atoms with Gasteiger partial charge in [-0.2, -0.15) is 13.2 Å². The molecule has 1 saturated heterocycles. The number of carboxylic acids is 1. The van der Waals surface area contributed by atoms with E-state index in [9.17, 15) is 18.0 Å². The van der Waals surface area contributed by atoms with Crippen molar-refractivity contribution < 1.29 is 23.1 Å². The highest BCUT2D eigenvalue weighted by Gasteiger charge is 2.61. The van der Waals surface area contributed by atoms with Crippen LogP contribution in [0.1, 0.15) is 6.92 Å². The molecule has 7 heteroatoms. The molecule has 1 aliphatic heterocycles. The Morgan fingerprint density at radius 1 is 1.19 bits per heavy atom. The molecule has 1 aliphatic rings. The molecule has 1 unspecified atom stereocenters. The summed E-state index contributed by atoms with van der Waals surface area (Å²) >= 11 is 0. The fourth-order valence-electron chi connectivity index (χ4n) is 1.69. The maximum Gasteiger partial charge on any atom is 0.417 e. The molecule has 1 fully saturated rings. The molecular formula is C9H15F3N2O2. The first-order valence-corrected chi connectivity index (χ1v) is 4.93. The molecule has 1 atom stereocenters. The Labute approximate surface area is 91.6 Å². The number of alkyl halides is 3. The van der Waals surface area contributed by atoms with E-state index < -0.39 is 17.7 Å². The second-order valence-electron chi connectivity index (χ2n) is 4.17. The Morgan fingerprint density at radius 2 is 1.62 bits per heavy atom. The summed E-state index contributed by atoms with van der Waals surface area (Å²) in [4.78, 5) is 13.7. The number of carboxylic acid groups (broad SMARTS) is 1. The zero-order valence-corrected chi connectivity index (χ0v) is 9.21. The van der Waals surface area contributed by atoms with E-state index in [0.29, 0.717) is 13.1 Å². The van der Waals surface area contributed by atoms with E-state index in [2.05, 4.69) is 0 Å². The Kier molecular flexibility index (Phi) is 3.49. The van der Waals surface area contributed by atoms with Gasteiger partial charge in [-0.05, 0) is 14.0 Å². The molecule has 94 valence electrons. The van der Waals surface area contributed by atoms with Crippen LogP contribution in [0.5, 0.6) is 0 Å². The Balaban J connectivity index is 2.91. The minimum Gasteiger partial charge on any atom is -0.480 e. The van der Waals surface area contributed by atoms with Crippen LogP contribution in [0.4, 0.5) is 13.2 Å². The van der Waals surface area contributed by atoms with Crippen molar-refractivity contribution in [3.63, 3.8) is 0 Å². The van der Waals surface area contributed by atoms with Gasteiger partial charge in [0.15, 0.2) is 0 Å². The number of hydrogen-bond acceptors (Lipinski definition) is 3. The monoisotopic (exact) mass is 240 g/mol. The number of halogens is 3. The highest BCUT2D eigenvalue weighted by molar-refractivity contribution is 5.79. The van der Waals surface area contributed by atoms with Gasteiger partial charge in [0.1, 0.15) is 0 Å². The van der Waals surface area contributed by atoms with Crippen molar-refractivity contribution in [2.24, 2.45) is 0 Å². The summed E-state index contributed by atoms with van der Waals surface area (Å²) in [6.07, 6.45) is -4.77. The molecule has 0 aromatic heterocycles. The smallest absolute Gasteiger partial charge is 0.417 e. The van der Waals surface area contributed by atoms with Gasteiger partial charge in [0.25, 0.3) is 0 Å². The van der Waals surface area contributed by atoms with Crippen molar-refractivity contribution >= 4 is 5.97 Å². The van der Waals surface area contributed by atoms with Crippen LogP contribution >= 0.6 is 0 Å². The molecule has 16 heavy (non-hydrogen) atoms. The number of carbonyl (C=O) groups is 1. The topological polar surface area (TPSA) is 43.8 Å². The normalized spacial score (nSPS) is 24.1. The van der Waals surface area contributed by atoms with Crippen LogP contribution in [0.3, 0.4) is 0 Å². The van der Waals surface area contributed by atoms with Crippen LogP contribution in [0, 0.1) is 0 Å². The molecule has 0 aromatic rings. The van der Waals surface area contributed by atoms with Crippen molar-refractivity contribution in [2.75, 3.05) is 33.2 Å². The van der Waals surface area contributed by atoms with Gasteiger partial charge >= 0.3 is 12.1 Å². The van der Waals surface area contributed by atoms with E-state index in [0.717, 1.165) is 11.8 Å². The van der Waals surface area contributed by atoms with E-state index in [1.807, 2.05) is 4.90 Å². The van der Waals surface area contributed by atoms with Crippen molar-refractivity contribution in [2.45, 2.75) is 18.6 Å². The fourth-order valence-corrected chi connectivity index (χ4v) is 1.69. The zero-order chi connectivity index (χ0) is 12.6. The van der Waals surface area contributed by atoms with Gasteiger partial charge in [-0.25, -0.2) is 4.79 Å². The molecule has 0 amide bonds. The molecular weight excluding hydrogens is 225 g/mol. The highest BCUT2D eigenvalue weighted by Crippen LogP contribution is 2.36. The molecule has 0 aromatic carbocycles. The first kappa shape index (κ1) is 13.2. The summed E-state index contributed by atoms with van der Waals surface area (Å²) in [5.74, 6) is -1.84. The second kappa shape index (κ2) is 4.21. The first-order chi connectivity index (χ1) is 7.19. The third-order valence-electron chi connectivity index (χ3n) is 3.10. The number of piperazine rings is 1. The van der Waals surface area contributed by atoms with Crippen LogP contribution in [-0.4, -0.2) is 65.8 Å². The third-order valence-corrected chi connectivity index (χ3v) is 3.10. The molecule has 1 rings (SSSR count). The van der Waals surface area contributed by atoms with E-state index in [1.165, 1.54) is 0 Å². The predicted molar refractivity (Wildman–Crippen MR) is 51.2 cm³/mol. The number of likely N-dealkylation sites (N-methyl/N-ethyl adjacent to an activating group) is 1. The van der Waals surface area contributed by atoms with Gasteiger partial charge in [-0.3, -0.25) is 4.90 Å². The highest BCUT2D eigenvalue weighted by atomic mass is 19.4. The lowest BCUT2D eigenvalue weighted by molar-refractivity contribution is -0.235.